The number of nitrogens with zero attached hydrogens (tertiary/aromatic N) is 1. The van der Waals surface area contributed by atoms with Gasteiger partial charge in [-0.05, 0) is 67.0 Å². The van der Waals surface area contributed by atoms with Crippen molar-refractivity contribution in [2.24, 2.45) is 34.0 Å². The first kappa shape index (κ1) is 43.3. The molecule has 0 bridgehead atoms. The largest absolute Gasteiger partial charge is 0.451 e. The molecule has 5 amide bonds. The first-order chi connectivity index (χ1) is 25.6. The molecule has 0 aliphatic carbocycles. The van der Waals surface area contributed by atoms with Gasteiger partial charge in [-0.3, -0.25) is 29.0 Å². The fourth-order valence-electron chi connectivity index (χ4n) is 5.58. The Balaban J connectivity index is 1.80. The highest BCUT2D eigenvalue weighted by atomic mass is 35.5. The predicted octanol–water partition coefficient (Wildman–Crippen LogP) is 3.68. The zero-order valence-corrected chi connectivity index (χ0v) is 32.4. The third-order valence-corrected chi connectivity index (χ3v) is 9.06. The molecule has 0 saturated heterocycles. The lowest BCUT2D eigenvalue weighted by atomic mass is 9.95. The maximum atomic E-state index is 13.9. The maximum absolute atomic E-state index is 13.9. The Morgan fingerprint density at radius 2 is 1.41 bits per heavy atom. The predicted molar refractivity (Wildman–Crippen MR) is 209 cm³/mol. The highest BCUT2D eigenvalue weighted by Gasteiger charge is 2.33. The molecule has 0 spiro atoms. The van der Waals surface area contributed by atoms with Crippen LogP contribution in [-0.4, -0.2) is 66.2 Å². The first-order valence-corrected chi connectivity index (χ1v) is 18.5. The molecule has 54 heavy (non-hydrogen) atoms. The van der Waals surface area contributed by atoms with Gasteiger partial charge in [0.2, 0.25) is 23.6 Å². The zero-order chi connectivity index (χ0) is 39.9. The minimum absolute atomic E-state index is 0.0570. The van der Waals surface area contributed by atoms with Crippen molar-refractivity contribution < 1.29 is 28.4 Å². The van der Waals surface area contributed by atoms with E-state index in [4.69, 9.17) is 44.8 Å². The van der Waals surface area contributed by atoms with Crippen LogP contribution in [-0.2, 0) is 25.6 Å². The third kappa shape index (κ3) is 13.7. The number of carbonyl (C=O) groups is 5. The van der Waals surface area contributed by atoms with E-state index in [0.29, 0.717) is 34.2 Å². The smallest absolute Gasteiger partial charge is 0.287 e. The topological polar surface area (TPSA) is 237 Å². The summed E-state index contributed by atoms with van der Waals surface area (Å²) in [5, 5.41) is 11.7. The van der Waals surface area contributed by atoms with Gasteiger partial charge in [0.05, 0.1) is 0 Å². The molecule has 0 aliphatic rings. The summed E-state index contributed by atoms with van der Waals surface area (Å²) < 4.78 is 5.78. The number of guanidine groups is 1. The van der Waals surface area contributed by atoms with Crippen molar-refractivity contribution in [2.75, 3.05) is 6.54 Å². The summed E-state index contributed by atoms with van der Waals surface area (Å²) in [4.78, 5) is 71.0. The number of furan rings is 1. The van der Waals surface area contributed by atoms with Gasteiger partial charge < -0.3 is 42.9 Å². The van der Waals surface area contributed by atoms with E-state index in [9.17, 15) is 24.0 Å². The summed E-state index contributed by atoms with van der Waals surface area (Å²) in [7, 11) is 0. The number of halogens is 2. The van der Waals surface area contributed by atoms with Crippen LogP contribution in [0.25, 0.3) is 11.3 Å². The van der Waals surface area contributed by atoms with Crippen LogP contribution in [0.2, 0.25) is 10.0 Å². The molecule has 0 aliphatic heterocycles. The number of amides is 5. The molecular weight excluding hydrogens is 735 g/mol. The standard InChI is InChI=1S/C38H50Cl2N8O6/c1-5-22(4)32(37(53)46-28(33(41)49)17-23-10-7-6-8-11-23)48-35(51)29(16-21(2)3)47-34(50)27(12-9-15-44-38(42)43)45-36(52)31-14-13-30(54-31)24-18-25(39)20-26(40)19-24/h6-8,10-11,13-14,18-22,27-29,32H,5,9,12,15-17H2,1-4H3,(H2,41,49)(H,45,52)(H,46,53)(H,47,50)(H,48,51)(H4,42,43,44)/t22-,27-,28-,29-,32-/m0/s1. The van der Waals surface area contributed by atoms with Crippen LogP contribution in [0.3, 0.4) is 0 Å². The van der Waals surface area contributed by atoms with Gasteiger partial charge in [0, 0.05) is 28.6 Å². The minimum atomic E-state index is -1.13. The molecule has 10 N–H and O–H groups in total. The van der Waals surface area contributed by atoms with Crippen molar-refractivity contribution >= 4 is 58.7 Å². The van der Waals surface area contributed by atoms with Crippen molar-refractivity contribution in [3.05, 3.63) is 82.0 Å². The number of nitrogens with two attached hydrogens (primary N) is 3. The van der Waals surface area contributed by atoms with Crippen LogP contribution in [0.15, 0.2) is 70.1 Å². The van der Waals surface area contributed by atoms with Crippen LogP contribution in [0.5, 0.6) is 0 Å². The maximum Gasteiger partial charge on any atom is 0.287 e. The fourth-order valence-corrected chi connectivity index (χ4v) is 6.10. The second-order valence-corrected chi connectivity index (χ2v) is 14.4. The monoisotopic (exact) mass is 784 g/mol. The Morgan fingerprint density at radius 1 is 0.778 bits per heavy atom. The Bertz CT molecular complexity index is 1760. The van der Waals surface area contributed by atoms with Gasteiger partial charge in [-0.25, -0.2) is 0 Å². The molecule has 0 unspecified atom stereocenters. The quantitative estimate of drug-likeness (QED) is 0.0506. The molecule has 1 aromatic heterocycles. The molecule has 0 fully saturated rings. The number of benzene rings is 2. The lowest BCUT2D eigenvalue weighted by Gasteiger charge is -2.29. The highest BCUT2D eigenvalue weighted by molar-refractivity contribution is 6.35. The minimum Gasteiger partial charge on any atom is -0.451 e. The van der Waals surface area contributed by atoms with Crippen LogP contribution in [0.4, 0.5) is 0 Å². The normalized spacial score (nSPS) is 13.8. The molecule has 292 valence electrons. The van der Waals surface area contributed by atoms with E-state index in [2.05, 4.69) is 26.3 Å². The van der Waals surface area contributed by atoms with Gasteiger partial charge in [-0.1, -0.05) is 87.6 Å². The number of carbonyl (C=O) groups excluding carboxylic acids is 5. The van der Waals surface area contributed by atoms with Crippen molar-refractivity contribution in [2.45, 2.75) is 84.0 Å². The molecule has 1 heterocycles. The Kier molecular flexibility index (Phi) is 16.8. The van der Waals surface area contributed by atoms with Crippen LogP contribution < -0.4 is 38.5 Å². The summed E-state index contributed by atoms with van der Waals surface area (Å²) >= 11 is 12.3. The van der Waals surface area contributed by atoms with Crippen LogP contribution in [0.1, 0.15) is 69.5 Å². The molecule has 5 atom stereocenters. The van der Waals surface area contributed by atoms with Crippen molar-refractivity contribution in [1.82, 2.24) is 21.3 Å². The molecular formula is C38H50Cl2N8O6. The number of aliphatic imine (C=N–C) groups is 1. The van der Waals surface area contributed by atoms with Gasteiger partial charge in [0.15, 0.2) is 11.7 Å². The summed E-state index contributed by atoms with van der Waals surface area (Å²) in [6.45, 7) is 7.59. The van der Waals surface area contributed by atoms with E-state index >= 15 is 0 Å². The van der Waals surface area contributed by atoms with Gasteiger partial charge in [-0.15, -0.1) is 0 Å². The van der Waals surface area contributed by atoms with Crippen LogP contribution >= 0.6 is 23.2 Å². The molecule has 3 aromatic rings. The summed E-state index contributed by atoms with van der Waals surface area (Å²) in [5.74, 6) is -3.54. The van der Waals surface area contributed by atoms with Crippen molar-refractivity contribution in [3.63, 3.8) is 0 Å². The number of nitrogens with one attached hydrogen (secondary N) is 4. The molecule has 0 radical (unpaired) electrons. The van der Waals surface area contributed by atoms with Gasteiger partial charge in [-0.2, -0.15) is 0 Å². The fraction of sp³-hybridized carbons (Fsp3) is 0.421. The Labute approximate surface area is 325 Å². The van der Waals surface area contributed by atoms with E-state index in [-0.39, 0.29) is 49.4 Å². The summed E-state index contributed by atoms with van der Waals surface area (Å²) in [6.07, 6.45) is 1.31. The Morgan fingerprint density at radius 3 is 2.00 bits per heavy atom. The van der Waals surface area contributed by atoms with Crippen molar-refractivity contribution in [3.8, 4) is 11.3 Å². The van der Waals surface area contributed by atoms with Gasteiger partial charge >= 0.3 is 0 Å². The third-order valence-electron chi connectivity index (χ3n) is 8.62. The summed E-state index contributed by atoms with van der Waals surface area (Å²) in [5.41, 5.74) is 17.9. The number of hydrogen-bond acceptors (Lipinski definition) is 7. The van der Waals surface area contributed by atoms with Crippen molar-refractivity contribution in [1.29, 1.82) is 0 Å². The Hall–Kier alpha value is -5.08. The molecule has 0 saturated carbocycles. The SMILES string of the molecule is CC[C@H](C)[C@H](NC(=O)[C@H](CC(C)C)NC(=O)[C@H](CCCN=C(N)N)NC(=O)c1ccc(-c2cc(Cl)cc(Cl)c2)o1)C(=O)N[C@@H](Cc1ccccc1)C(N)=O. The van der Waals surface area contributed by atoms with E-state index in [1.165, 1.54) is 6.07 Å². The van der Waals surface area contributed by atoms with E-state index in [0.717, 1.165) is 5.56 Å². The van der Waals surface area contributed by atoms with E-state index in [1.54, 1.807) is 31.2 Å². The van der Waals surface area contributed by atoms with E-state index < -0.39 is 53.7 Å². The average Bonchev–Trinajstić information content (AvgIpc) is 3.61. The second-order valence-electron chi connectivity index (χ2n) is 13.5. The number of hydrogen-bond donors (Lipinski definition) is 7. The molecule has 3 rings (SSSR count). The highest BCUT2D eigenvalue weighted by Crippen LogP contribution is 2.28. The molecule has 2 aromatic carbocycles. The number of rotatable bonds is 20. The molecule has 14 nitrogen and oxygen atoms in total. The van der Waals surface area contributed by atoms with Crippen LogP contribution in [0, 0.1) is 11.8 Å². The lowest BCUT2D eigenvalue weighted by molar-refractivity contribution is -0.134. The lowest BCUT2D eigenvalue weighted by Crippen LogP contribution is -2.59. The first-order valence-electron chi connectivity index (χ1n) is 17.7. The van der Waals surface area contributed by atoms with E-state index in [1.807, 2.05) is 51.1 Å². The number of primary amides is 1. The second kappa shape index (κ2) is 21.0. The van der Waals surface area contributed by atoms with Gasteiger partial charge in [0.25, 0.3) is 5.91 Å². The summed E-state index contributed by atoms with van der Waals surface area (Å²) in [6, 6.07) is 12.6. The molecule has 16 heteroatoms. The zero-order valence-electron chi connectivity index (χ0n) is 30.9. The van der Waals surface area contributed by atoms with Gasteiger partial charge in [0.1, 0.15) is 29.9 Å². The average molecular weight is 786 g/mol.